The number of carbonyl (C=O) groups is 2. The highest BCUT2D eigenvalue weighted by Crippen LogP contribution is 2.16. The predicted molar refractivity (Wildman–Crippen MR) is 72.5 cm³/mol. The second-order valence-corrected chi connectivity index (χ2v) is 4.38. The Balaban J connectivity index is 2.74. The van der Waals surface area contributed by atoms with Crippen molar-refractivity contribution < 1.29 is 14.7 Å². The largest absolute Gasteiger partial charge is 0.478 e. The van der Waals surface area contributed by atoms with Crippen molar-refractivity contribution in [3.05, 3.63) is 23.4 Å². The quantitative estimate of drug-likeness (QED) is 0.803. The molecule has 0 aliphatic rings. The van der Waals surface area contributed by atoms with E-state index in [4.69, 9.17) is 5.11 Å². The van der Waals surface area contributed by atoms with E-state index in [9.17, 15) is 9.59 Å². The molecule has 6 heteroatoms. The van der Waals surface area contributed by atoms with Crippen LogP contribution in [0.1, 0.15) is 29.3 Å². The molecule has 19 heavy (non-hydrogen) atoms. The number of likely N-dealkylation sites (N-methyl/N-ethyl adjacent to an activating group) is 1. The van der Waals surface area contributed by atoms with Crippen LogP contribution in [-0.2, 0) is 4.79 Å². The topological polar surface area (TPSA) is 82.5 Å². The minimum Gasteiger partial charge on any atom is -0.478 e. The fourth-order valence-corrected chi connectivity index (χ4v) is 1.69. The number of amides is 1. The second-order valence-electron chi connectivity index (χ2n) is 4.38. The van der Waals surface area contributed by atoms with Crippen LogP contribution >= 0.6 is 0 Å². The fourth-order valence-electron chi connectivity index (χ4n) is 1.69. The molecular formula is C13H19N3O3. The van der Waals surface area contributed by atoms with Gasteiger partial charge in [-0.05, 0) is 25.0 Å². The first-order valence-corrected chi connectivity index (χ1v) is 6.13. The molecule has 0 unspecified atom stereocenters. The molecule has 0 radical (unpaired) electrons. The fraction of sp³-hybridized carbons (Fsp3) is 0.462. The van der Waals surface area contributed by atoms with Gasteiger partial charge < -0.3 is 15.3 Å². The molecule has 0 saturated carbocycles. The highest BCUT2D eigenvalue weighted by Gasteiger charge is 2.12. The molecule has 0 aliphatic carbocycles. The zero-order chi connectivity index (χ0) is 14.4. The third-order valence-corrected chi connectivity index (χ3v) is 2.61. The van der Waals surface area contributed by atoms with Crippen LogP contribution < -0.4 is 10.2 Å². The van der Waals surface area contributed by atoms with E-state index in [0.29, 0.717) is 12.4 Å². The monoisotopic (exact) mass is 265 g/mol. The van der Waals surface area contributed by atoms with E-state index in [1.807, 2.05) is 6.92 Å². The molecule has 0 aliphatic heterocycles. The van der Waals surface area contributed by atoms with Gasteiger partial charge in [-0.3, -0.25) is 4.79 Å². The smallest absolute Gasteiger partial charge is 0.337 e. The lowest BCUT2D eigenvalue weighted by Crippen LogP contribution is -2.36. The molecule has 1 rings (SSSR count). The Morgan fingerprint density at radius 1 is 1.47 bits per heavy atom. The minimum atomic E-state index is -1.01. The molecule has 6 nitrogen and oxygen atoms in total. The van der Waals surface area contributed by atoms with Gasteiger partial charge in [-0.2, -0.15) is 0 Å². The van der Waals surface area contributed by atoms with Crippen LogP contribution in [0.3, 0.4) is 0 Å². The van der Waals surface area contributed by atoms with Gasteiger partial charge in [-0.1, -0.05) is 6.92 Å². The Kier molecular flexibility index (Phi) is 5.29. The Morgan fingerprint density at radius 3 is 2.68 bits per heavy atom. The molecule has 1 amide bonds. The Morgan fingerprint density at radius 2 is 2.16 bits per heavy atom. The van der Waals surface area contributed by atoms with Crippen molar-refractivity contribution in [3.8, 4) is 0 Å². The number of aryl methyl sites for hydroxylation is 1. The summed E-state index contributed by atoms with van der Waals surface area (Å²) in [4.78, 5) is 28.2. The number of carboxylic acids is 1. The summed E-state index contributed by atoms with van der Waals surface area (Å²) in [6, 6.07) is 1.55. The average molecular weight is 265 g/mol. The van der Waals surface area contributed by atoms with Gasteiger partial charge in [-0.15, -0.1) is 0 Å². The SMILES string of the molecule is CCCNC(=O)CN(C)c1ncc(C(=O)O)cc1C. The molecule has 0 bridgehead atoms. The van der Waals surface area contributed by atoms with Crippen LogP contribution in [0.15, 0.2) is 12.3 Å². The van der Waals surface area contributed by atoms with Gasteiger partial charge in [-0.25, -0.2) is 9.78 Å². The molecule has 1 heterocycles. The van der Waals surface area contributed by atoms with Gasteiger partial charge in [0.15, 0.2) is 0 Å². The highest BCUT2D eigenvalue weighted by atomic mass is 16.4. The molecule has 0 spiro atoms. The molecule has 0 aromatic carbocycles. The number of hydrogen-bond acceptors (Lipinski definition) is 4. The average Bonchev–Trinajstić information content (AvgIpc) is 2.35. The summed E-state index contributed by atoms with van der Waals surface area (Å²) in [5, 5.41) is 11.6. The number of aromatic nitrogens is 1. The van der Waals surface area contributed by atoms with Crippen molar-refractivity contribution in [3.63, 3.8) is 0 Å². The maximum Gasteiger partial charge on any atom is 0.337 e. The lowest BCUT2D eigenvalue weighted by atomic mass is 10.2. The Bertz CT molecular complexity index is 474. The van der Waals surface area contributed by atoms with Gasteiger partial charge in [0.2, 0.25) is 5.91 Å². The molecule has 1 aromatic heterocycles. The second kappa shape index (κ2) is 6.72. The van der Waals surface area contributed by atoms with Crippen LogP contribution in [-0.4, -0.2) is 42.1 Å². The number of rotatable bonds is 6. The number of carboxylic acid groups (broad SMARTS) is 1. The van der Waals surface area contributed by atoms with E-state index in [1.165, 1.54) is 6.20 Å². The predicted octanol–water partition coefficient (Wildman–Crippen LogP) is 1.05. The summed E-state index contributed by atoms with van der Waals surface area (Å²) in [7, 11) is 1.75. The molecule has 0 fully saturated rings. The molecular weight excluding hydrogens is 246 g/mol. The first-order chi connectivity index (χ1) is 8.95. The number of nitrogens with zero attached hydrogens (tertiary/aromatic N) is 2. The summed E-state index contributed by atoms with van der Waals surface area (Å²) >= 11 is 0. The third-order valence-electron chi connectivity index (χ3n) is 2.61. The van der Waals surface area contributed by atoms with Crippen molar-refractivity contribution in [1.29, 1.82) is 0 Å². The Labute approximate surface area is 112 Å². The number of pyridine rings is 1. The number of carbonyl (C=O) groups excluding carboxylic acids is 1. The first-order valence-electron chi connectivity index (χ1n) is 6.13. The van der Waals surface area contributed by atoms with Crippen molar-refractivity contribution in [2.75, 3.05) is 25.0 Å². The van der Waals surface area contributed by atoms with Gasteiger partial charge in [0, 0.05) is 19.8 Å². The third kappa shape index (κ3) is 4.24. The summed E-state index contributed by atoms with van der Waals surface area (Å²) in [6.45, 7) is 4.60. The van der Waals surface area contributed by atoms with Gasteiger partial charge in [0.1, 0.15) is 5.82 Å². The van der Waals surface area contributed by atoms with Crippen molar-refractivity contribution in [1.82, 2.24) is 10.3 Å². The number of aromatic carboxylic acids is 1. The van der Waals surface area contributed by atoms with Crippen LogP contribution in [0.4, 0.5) is 5.82 Å². The zero-order valence-corrected chi connectivity index (χ0v) is 11.4. The van der Waals surface area contributed by atoms with E-state index in [2.05, 4.69) is 10.3 Å². The first kappa shape index (κ1) is 14.9. The minimum absolute atomic E-state index is 0.0761. The highest BCUT2D eigenvalue weighted by molar-refractivity contribution is 5.88. The molecule has 0 atom stereocenters. The summed E-state index contributed by atoms with van der Waals surface area (Å²) in [6.07, 6.45) is 2.19. The van der Waals surface area contributed by atoms with E-state index in [-0.39, 0.29) is 18.0 Å². The number of nitrogens with one attached hydrogen (secondary N) is 1. The Hall–Kier alpha value is -2.11. The lowest BCUT2D eigenvalue weighted by molar-refractivity contribution is -0.119. The summed E-state index contributed by atoms with van der Waals surface area (Å²) in [5.41, 5.74) is 0.871. The standard InChI is InChI=1S/C13H19N3O3/c1-4-5-14-11(17)8-16(3)12-9(2)6-10(7-15-12)13(18)19/h6-7H,4-5,8H2,1-3H3,(H,14,17)(H,18,19). The maximum absolute atomic E-state index is 11.6. The van der Waals surface area contributed by atoms with Crippen molar-refractivity contribution in [2.24, 2.45) is 0 Å². The number of hydrogen-bond donors (Lipinski definition) is 2. The molecule has 0 saturated heterocycles. The molecule has 1 aromatic rings. The van der Waals surface area contributed by atoms with Crippen LogP contribution in [0.25, 0.3) is 0 Å². The van der Waals surface area contributed by atoms with E-state index >= 15 is 0 Å². The number of anilines is 1. The maximum atomic E-state index is 11.6. The van der Waals surface area contributed by atoms with E-state index in [1.54, 1.807) is 24.9 Å². The van der Waals surface area contributed by atoms with E-state index in [0.717, 1.165) is 12.0 Å². The van der Waals surface area contributed by atoms with Gasteiger partial charge in [0.25, 0.3) is 0 Å². The van der Waals surface area contributed by atoms with E-state index < -0.39 is 5.97 Å². The zero-order valence-electron chi connectivity index (χ0n) is 11.4. The van der Waals surface area contributed by atoms with Crippen LogP contribution in [0.2, 0.25) is 0 Å². The molecule has 104 valence electrons. The summed E-state index contributed by atoms with van der Waals surface area (Å²) in [5.74, 6) is -0.477. The van der Waals surface area contributed by atoms with Gasteiger partial charge >= 0.3 is 5.97 Å². The van der Waals surface area contributed by atoms with Crippen LogP contribution in [0, 0.1) is 6.92 Å². The van der Waals surface area contributed by atoms with Crippen molar-refractivity contribution in [2.45, 2.75) is 20.3 Å². The lowest BCUT2D eigenvalue weighted by Gasteiger charge is -2.19. The normalized spacial score (nSPS) is 10.1. The van der Waals surface area contributed by atoms with Crippen LogP contribution in [0.5, 0.6) is 0 Å². The summed E-state index contributed by atoms with van der Waals surface area (Å²) < 4.78 is 0. The van der Waals surface area contributed by atoms with Crippen molar-refractivity contribution >= 4 is 17.7 Å². The molecule has 2 N–H and O–H groups in total. The van der Waals surface area contributed by atoms with Gasteiger partial charge in [0.05, 0.1) is 12.1 Å².